The van der Waals surface area contributed by atoms with Gasteiger partial charge < -0.3 is 15.1 Å². The molecule has 0 amide bonds. The minimum absolute atomic E-state index is 0.00218. The number of nitro groups is 1. The number of hydrogen-bond acceptors (Lipinski definition) is 6. The Hall–Kier alpha value is -2.29. The molecular weight excluding hydrogens is 309 g/mol. The molecule has 1 aliphatic carbocycles. The van der Waals surface area contributed by atoms with Crippen LogP contribution in [-0.4, -0.2) is 51.5 Å². The van der Waals surface area contributed by atoms with E-state index in [1.807, 2.05) is 0 Å². The van der Waals surface area contributed by atoms with Crippen LogP contribution in [0.2, 0.25) is 0 Å². The SMILES string of the molecule is O=C(O)c1cc([N+](=O)[O-])cnc1N1CC(F)(CO)C2(CCC2)C1. The van der Waals surface area contributed by atoms with Crippen LogP contribution in [-0.2, 0) is 0 Å². The first-order valence-electron chi connectivity index (χ1n) is 7.24. The van der Waals surface area contributed by atoms with E-state index in [-0.39, 0.29) is 24.5 Å². The fourth-order valence-corrected chi connectivity index (χ4v) is 3.57. The van der Waals surface area contributed by atoms with Gasteiger partial charge in [-0.05, 0) is 12.8 Å². The maximum Gasteiger partial charge on any atom is 0.339 e. The monoisotopic (exact) mass is 325 g/mol. The number of aromatic carboxylic acids is 1. The van der Waals surface area contributed by atoms with Crippen LogP contribution in [0.1, 0.15) is 29.6 Å². The zero-order chi connectivity index (χ0) is 16.8. The number of nitrogens with zero attached hydrogens (tertiary/aromatic N) is 3. The Morgan fingerprint density at radius 3 is 2.61 bits per heavy atom. The number of alkyl halides is 1. The molecule has 3 rings (SSSR count). The Morgan fingerprint density at radius 2 is 2.17 bits per heavy atom. The molecule has 1 unspecified atom stereocenters. The number of pyridine rings is 1. The van der Waals surface area contributed by atoms with Crippen molar-refractivity contribution in [2.45, 2.75) is 24.9 Å². The van der Waals surface area contributed by atoms with Crippen LogP contribution >= 0.6 is 0 Å². The van der Waals surface area contributed by atoms with E-state index in [4.69, 9.17) is 0 Å². The van der Waals surface area contributed by atoms with E-state index < -0.39 is 34.3 Å². The number of carboxylic acid groups (broad SMARTS) is 1. The summed E-state index contributed by atoms with van der Waals surface area (Å²) in [5, 5.41) is 29.5. The summed E-state index contributed by atoms with van der Waals surface area (Å²) in [6.45, 7) is -0.567. The number of aliphatic hydroxyl groups excluding tert-OH is 1. The molecule has 1 spiro atoms. The van der Waals surface area contributed by atoms with Crippen molar-refractivity contribution in [3.8, 4) is 0 Å². The number of halogens is 1. The highest BCUT2D eigenvalue weighted by atomic mass is 19.1. The highest BCUT2D eigenvalue weighted by Gasteiger charge is 2.61. The number of anilines is 1. The Labute approximate surface area is 130 Å². The normalized spacial score (nSPS) is 25.4. The van der Waals surface area contributed by atoms with Crippen LogP contribution in [0, 0.1) is 15.5 Å². The summed E-state index contributed by atoms with van der Waals surface area (Å²) in [6.07, 6.45) is 3.07. The maximum atomic E-state index is 15.0. The van der Waals surface area contributed by atoms with Gasteiger partial charge in [0.15, 0.2) is 5.67 Å². The molecule has 0 bridgehead atoms. The molecule has 23 heavy (non-hydrogen) atoms. The Balaban J connectivity index is 1.99. The van der Waals surface area contributed by atoms with Crippen molar-refractivity contribution >= 4 is 17.5 Å². The van der Waals surface area contributed by atoms with Crippen molar-refractivity contribution in [3.05, 3.63) is 27.9 Å². The molecule has 1 aliphatic heterocycles. The molecule has 0 aromatic carbocycles. The lowest BCUT2D eigenvalue weighted by Gasteiger charge is -2.45. The predicted octanol–water partition coefficient (Wildman–Crippen LogP) is 1.38. The van der Waals surface area contributed by atoms with Crippen LogP contribution in [0.5, 0.6) is 0 Å². The number of carboxylic acids is 1. The van der Waals surface area contributed by atoms with Gasteiger partial charge in [0.05, 0.1) is 18.1 Å². The average molecular weight is 325 g/mol. The summed E-state index contributed by atoms with van der Waals surface area (Å²) >= 11 is 0. The number of aromatic nitrogens is 1. The Bertz CT molecular complexity index is 667. The van der Waals surface area contributed by atoms with E-state index in [2.05, 4.69) is 4.98 Å². The van der Waals surface area contributed by atoms with Gasteiger partial charge in [-0.2, -0.15) is 0 Å². The second kappa shape index (κ2) is 5.12. The van der Waals surface area contributed by atoms with Crippen molar-refractivity contribution in [1.82, 2.24) is 4.98 Å². The summed E-state index contributed by atoms with van der Waals surface area (Å²) in [4.78, 5) is 26.8. The van der Waals surface area contributed by atoms with E-state index in [1.165, 1.54) is 4.90 Å². The minimum atomic E-state index is -1.82. The molecule has 8 nitrogen and oxygen atoms in total. The lowest BCUT2D eigenvalue weighted by Crippen LogP contribution is -2.50. The van der Waals surface area contributed by atoms with Crippen LogP contribution in [0.25, 0.3) is 0 Å². The Morgan fingerprint density at radius 1 is 1.48 bits per heavy atom. The Kier molecular flexibility index (Phi) is 3.47. The lowest BCUT2D eigenvalue weighted by atomic mass is 9.61. The molecule has 1 aromatic rings. The molecule has 2 fully saturated rings. The first-order valence-corrected chi connectivity index (χ1v) is 7.24. The van der Waals surface area contributed by atoms with Gasteiger partial charge in [0.2, 0.25) is 0 Å². The second-order valence-corrected chi connectivity index (χ2v) is 6.24. The lowest BCUT2D eigenvalue weighted by molar-refractivity contribution is -0.385. The molecule has 2 N–H and O–H groups in total. The number of aliphatic hydroxyl groups is 1. The van der Waals surface area contributed by atoms with Crippen molar-refractivity contribution in [2.75, 3.05) is 24.6 Å². The van der Waals surface area contributed by atoms with Gasteiger partial charge in [-0.1, -0.05) is 6.42 Å². The summed E-state index contributed by atoms with van der Waals surface area (Å²) < 4.78 is 15.0. The average Bonchev–Trinajstić information content (AvgIpc) is 2.80. The van der Waals surface area contributed by atoms with E-state index in [0.29, 0.717) is 12.8 Å². The zero-order valence-corrected chi connectivity index (χ0v) is 12.2. The third-order valence-corrected chi connectivity index (χ3v) is 5.04. The van der Waals surface area contributed by atoms with Gasteiger partial charge in [0.25, 0.3) is 5.69 Å². The number of carbonyl (C=O) groups is 1. The quantitative estimate of drug-likeness (QED) is 0.634. The largest absolute Gasteiger partial charge is 0.478 e. The highest BCUT2D eigenvalue weighted by molar-refractivity contribution is 5.94. The molecule has 0 radical (unpaired) electrons. The van der Waals surface area contributed by atoms with E-state index in [9.17, 15) is 25.1 Å². The maximum absolute atomic E-state index is 15.0. The molecule has 2 aliphatic rings. The fourth-order valence-electron chi connectivity index (χ4n) is 3.57. The van der Waals surface area contributed by atoms with Crippen LogP contribution < -0.4 is 4.90 Å². The van der Waals surface area contributed by atoms with Crippen molar-refractivity contribution in [1.29, 1.82) is 0 Å². The third kappa shape index (κ3) is 2.23. The van der Waals surface area contributed by atoms with E-state index in [1.54, 1.807) is 0 Å². The van der Waals surface area contributed by atoms with Gasteiger partial charge in [0, 0.05) is 18.0 Å². The standard InChI is InChI=1S/C14H16FN3O5/c15-14(8-19)7-17(6-13(14)2-1-3-13)11-10(12(20)21)4-9(5-16-11)18(22)23/h4-5,19H,1-3,6-8H2,(H,20,21). The highest BCUT2D eigenvalue weighted by Crippen LogP contribution is 2.56. The van der Waals surface area contributed by atoms with Crippen LogP contribution in [0.4, 0.5) is 15.9 Å². The smallest absolute Gasteiger partial charge is 0.339 e. The molecule has 1 atom stereocenters. The molecule has 1 saturated carbocycles. The van der Waals surface area contributed by atoms with Crippen molar-refractivity contribution < 1.29 is 24.3 Å². The first kappa shape index (κ1) is 15.6. The van der Waals surface area contributed by atoms with Crippen molar-refractivity contribution in [3.63, 3.8) is 0 Å². The zero-order valence-electron chi connectivity index (χ0n) is 12.2. The second-order valence-electron chi connectivity index (χ2n) is 6.24. The summed E-state index contributed by atoms with van der Waals surface area (Å²) in [5.41, 5.74) is -3.28. The van der Waals surface area contributed by atoms with E-state index >= 15 is 4.39 Å². The molecule has 1 saturated heterocycles. The molecule has 1 aromatic heterocycles. The summed E-state index contributed by atoms with van der Waals surface area (Å²) in [7, 11) is 0. The van der Waals surface area contributed by atoms with Gasteiger partial charge >= 0.3 is 5.97 Å². The van der Waals surface area contributed by atoms with Crippen LogP contribution in [0.15, 0.2) is 12.3 Å². The van der Waals surface area contributed by atoms with Gasteiger partial charge in [-0.3, -0.25) is 10.1 Å². The molecule has 9 heteroatoms. The fraction of sp³-hybridized carbons (Fsp3) is 0.571. The number of rotatable bonds is 4. The van der Waals surface area contributed by atoms with Crippen molar-refractivity contribution in [2.24, 2.45) is 5.41 Å². The van der Waals surface area contributed by atoms with Gasteiger partial charge in [0.1, 0.15) is 17.6 Å². The number of hydrogen-bond donors (Lipinski definition) is 2. The molecule has 124 valence electrons. The van der Waals surface area contributed by atoms with E-state index in [0.717, 1.165) is 18.7 Å². The van der Waals surface area contributed by atoms with Crippen LogP contribution in [0.3, 0.4) is 0 Å². The molecular formula is C14H16FN3O5. The topological polar surface area (TPSA) is 117 Å². The third-order valence-electron chi connectivity index (χ3n) is 5.04. The first-order chi connectivity index (χ1) is 10.8. The summed E-state index contributed by atoms with van der Waals surface area (Å²) in [5.74, 6) is -1.36. The molecule has 2 heterocycles. The minimum Gasteiger partial charge on any atom is -0.478 e. The van der Waals surface area contributed by atoms with Gasteiger partial charge in [-0.25, -0.2) is 14.2 Å². The predicted molar refractivity (Wildman–Crippen MR) is 77.3 cm³/mol. The summed E-state index contributed by atoms with van der Waals surface area (Å²) in [6, 6.07) is 0.926. The van der Waals surface area contributed by atoms with Gasteiger partial charge in [-0.15, -0.1) is 0 Å².